The highest BCUT2D eigenvalue weighted by Crippen LogP contribution is 2.62. The minimum absolute atomic E-state index is 0.155. The maximum atomic E-state index is 6.24. The van der Waals surface area contributed by atoms with Crippen LogP contribution in [0.1, 0.15) is 41.5 Å². The van der Waals surface area contributed by atoms with E-state index in [-0.39, 0.29) is 16.9 Å². The van der Waals surface area contributed by atoms with Gasteiger partial charge in [0.05, 0.1) is 12.2 Å². The minimum atomic E-state index is 0.155. The summed E-state index contributed by atoms with van der Waals surface area (Å²) in [5, 5.41) is 0. The summed E-state index contributed by atoms with van der Waals surface area (Å²) in [4.78, 5) is 0. The van der Waals surface area contributed by atoms with Crippen LogP contribution in [-0.2, 0) is 4.74 Å². The molecule has 0 aromatic rings. The molecular weight excluding hydrogens is 196 g/mol. The number of hydrogen-bond donors (Lipinski definition) is 0. The normalized spacial score (nSPS) is 52.1. The van der Waals surface area contributed by atoms with E-state index in [1.807, 2.05) is 0 Å². The lowest BCUT2D eigenvalue weighted by Gasteiger charge is -2.40. The van der Waals surface area contributed by atoms with Gasteiger partial charge in [0.1, 0.15) is 0 Å². The number of hydrogen-bond acceptors (Lipinski definition) is 1. The molecule has 90 valence electrons. The highest BCUT2D eigenvalue weighted by molar-refractivity contribution is 5.30. The van der Waals surface area contributed by atoms with Crippen molar-refractivity contribution in [1.29, 1.82) is 0 Å². The predicted octanol–water partition coefficient (Wildman–Crippen LogP) is 3.96. The van der Waals surface area contributed by atoms with E-state index in [0.717, 1.165) is 0 Å². The van der Waals surface area contributed by atoms with Crippen LogP contribution in [0.4, 0.5) is 0 Å². The van der Waals surface area contributed by atoms with E-state index in [4.69, 9.17) is 4.74 Å². The maximum absolute atomic E-state index is 6.24. The Hall–Kier alpha value is -0.560. The Labute approximate surface area is 99.6 Å². The van der Waals surface area contributed by atoms with Gasteiger partial charge in [-0.25, -0.2) is 0 Å². The third-order valence-corrected chi connectivity index (χ3v) is 5.44. The zero-order chi connectivity index (χ0) is 12.1. The lowest BCUT2D eigenvalue weighted by atomic mass is 9.60. The molecule has 1 aliphatic carbocycles. The molecule has 0 spiro atoms. The average molecular weight is 220 g/mol. The highest BCUT2D eigenvalue weighted by atomic mass is 16.5. The second-order valence-corrected chi connectivity index (χ2v) is 5.90. The molecule has 0 aromatic heterocycles. The molecule has 1 fully saturated rings. The summed E-state index contributed by atoms with van der Waals surface area (Å²) in [5.41, 5.74) is 1.75. The maximum Gasteiger partial charge on any atom is 0.0880 e. The van der Waals surface area contributed by atoms with E-state index in [0.29, 0.717) is 12.0 Å². The van der Waals surface area contributed by atoms with Crippen LogP contribution in [0, 0.1) is 16.7 Å². The first-order valence-electron chi connectivity index (χ1n) is 6.35. The van der Waals surface area contributed by atoms with Gasteiger partial charge in [-0.2, -0.15) is 0 Å². The van der Waals surface area contributed by atoms with Crippen LogP contribution in [-0.4, -0.2) is 12.2 Å². The summed E-state index contributed by atoms with van der Waals surface area (Å²) in [6.07, 6.45) is 7.51. The number of rotatable bonds is 1. The third-order valence-electron chi connectivity index (χ3n) is 5.44. The van der Waals surface area contributed by atoms with Gasteiger partial charge in [-0.15, -0.1) is 0 Å². The molecule has 2 aliphatic rings. The lowest BCUT2D eigenvalue weighted by Crippen LogP contribution is -2.42. The highest BCUT2D eigenvalue weighted by Gasteiger charge is 2.62. The quantitative estimate of drug-likeness (QED) is 0.608. The zero-order valence-corrected chi connectivity index (χ0v) is 11.4. The molecule has 0 bridgehead atoms. The Balaban J connectivity index is 2.47. The SMILES string of the molecule is C/C=C(/C)[C@H]1OC(C)[C@@]2(C)[C@@H](C)C=C[C@@]12C. The fourth-order valence-corrected chi connectivity index (χ4v) is 3.61. The molecule has 1 heteroatoms. The summed E-state index contributed by atoms with van der Waals surface area (Å²) in [7, 11) is 0. The smallest absolute Gasteiger partial charge is 0.0880 e. The molecule has 1 nitrogen and oxygen atoms in total. The van der Waals surface area contributed by atoms with Crippen molar-refractivity contribution in [3.63, 3.8) is 0 Å². The van der Waals surface area contributed by atoms with Gasteiger partial charge < -0.3 is 4.74 Å². The summed E-state index contributed by atoms with van der Waals surface area (Å²) >= 11 is 0. The van der Waals surface area contributed by atoms with E-state index in [1.165, 1.54) is 5.57 Å². The number of allylic oxidation sites excluding steroid dienone is 2. The molecule has 0 saturated carbocycles. The van der Waals surface area contributed by atoms with Gasteiger partial charge in [0.2, 0.25) is 0 Å². The van der Waals surface area contributed by atoms with Gasteiger partial charge in [-0.3, -0.25) is 0 Å². The Morgan fingerprint density at radius 1 is 1.31 bits per heavy atom. The molecular formula is C15H24O. The van der Waals surface area contributed by atoms with Gasteiger partial charge in [-0.05, 0) is 32.3 Å². The van der Waals surface area contributed by atoms with Crippen LogP contribution >= 0.6 is 0 Å². The van der Waals surface area contributed by atoms with Crippen molar-refractivity contribution in [2.24, 2.45) is 16.7 Å². The van der Waals surface area contributed by atoms with Crippen molar-refractivity contribution >= 4 is 0 Å². The van der Waals surface area contributed by atoms with Crippen molar-refractivity contribution < 1.29 is 4.74 Å². The zero-order valence-electron chi connectivity index (χ0n) is 11.4. The van der Waals surface area contributed by atoms with Crippen LogP contribution in [0.25, 0.3) is 0 Å². The molecule has 1 saturated heterocycles. The van der Waals surface area contributed by atoms with E-state index in [1.54, 1.807) is 0 Å². The second kappa shape index (κ2) is 3.46. The van der Waals surface area contributed by atoms with Crippen LogP contribution in [0.2, 0.25) is 0 Å². The average Bonchev–Trinajstić information content (AvgIpc) is 2.61. The molecule has 5 atom stereocenters. The first-order valence-corrected chi connectivity index (χ1v) is 6.35. The third kappa shape index (κ3) is 1.15. The summed E-state index contributed by atoms with van der Waals surface area (Å²) in [6.45, 7) is 13.6. The van der Waals surface area contributed by atoms with Crippen molar-refractivity contribution in [2.45, 2.75) is 53.8 Å². The van der Waals surface area contributed by atoms with E-state index in [2.05, 4.69) is 59.8 Å². The van der Waals surface area contributed by atoms with Gasteiger partial charge >= 0.3 is 0 Å². The first kappa shape index (κ1) is 11.9. The lowest BCUT2D eigenvalue weighted by molar-refractivity contribution is 0.0314. The predicted molar refractivity (Wildman–Crippen MR) is 68.3 cm³/mol. The monoisotopic (exact) mass is 220 g/mol. The topological polar surface area (TPSA) is 9.23 Å². The van der Waals surface area contributed by atoms with Gasteiger partial charge in [0.25, 0.3) is 0 Å². The van der Waals surface area contributed by atoms with Crippen LogP contribution in [0.15, 0.2) is 23.8 Å². The Kier molecular flexibility index (Phi) is 2.58. The molecule has 1 aliphatic heterocycles. The molecule has 0 N–H and O–H groups in total. The van der Waals surface area contributed by atoms with Crippen molar-refractivity contribution in [2.75, 3.05) is 0 Å². The summed E-state index contributed by atoms with van der Waals surface area (Å²) in [5.74, 6) is 0.599. The van der Waals surface area contributed by atoms with Crippen molar-refractivity contribution in [3.05, 3.63) is 23.8 Å². The second-order valence-electron chi connectivity index (χ2n) is 5.90. The molecule has 0 aromatic carbocycles. The standard InChI is InChI=1S/C15H24O/c1-7-10(2)13-14(5)9-8-11(3)15(14,6)12(4)16-13/h7-9,11-13H,1-6H3/b10-7-/t11-,12?,13+,14-,15+/m0/s1. The number of ether oxygens (including phenoxy) is 1. The van der Waals surface area contributed by atoms with Gasteiger partial charge in [0, 0.05) is 10.8 Å². The first-order chi connectivity index (χ1) is 7.38. The molecule has 0 radical (unpaired) electrons. The number of fused-ring (bicyclic) bond motifs is 1. The fourth-order valence-electron chi connectivity index (χ4n) is 3.61. The Bertz CT molecular complexity index is 354. The van der Waals surface area contributed by atoms with Crippen LogP contribution in [0.5, 0.6) is 0 Å². The van der Waals surface area contributed by atoms with Crippen molar-refractivity contribution in [3.8, 4) is 0 Å². The molecule has 16 heavy (non-hydrogen) atoms. The van der Waals surface area contributed by atoms with E-state index < -0.39 is 0 Å². The molecule has 1 unspecified atom stereocenters. The fraction of sp³-hybridized carbons (Fsp3) is 0.733. The van der Waals surface area contributed by atoms with Crippen molar-refractivity contribution in [1.82, 2.24) is 0 Å². The van der Waals surface area contributed by atoms with Gasteiger partial charge in [0.15, 0.2) is 0 Å². The Morgan fingerprint density at radius 3 is 2.50 bits per heavy atom. The summed E-state index contributed by atoms with van der Waals surface area (Å²) < 4.78 is 6.24. The van der Waals surface area contributed by atoms with E-state index in [9.17, 15) is 0 Å². The largest absolute Gasteiger partial charge is 0.369 e. The van der Waals surface area contributed by atoms with Gasteiger partial charge in [-0.1, -0.05) is 39.0 Å². The summed E-state index contributed by atoms with van der Waals surface area (Å²) in [6, 6.07) is 0. The van der Waals surface area contributed by atoms with E-state index >= 15 is 0 Å². The molecule has 0 amide bonds. The molecule has 2 rings (SSSR count). The van der Waals surface area contributed by atoms with Crippen LogP contribution < -0.4 is 0 Å². The van der Waals surface area contributed by atoms with Crippen LogP contribution in [0.3, 0.4) is 0 Å². The Morgan fingerprint density at radius 2 is 1.94 bits per heavy atom. The molecule has 1 heterocycles. The minimum Gasteiger partial charge on any atom is -0.369 e.